The Hall–Kier alpha value is -3.89. The van der Waals surface area contributed by atoms with Crippen LogP contribution < -0.4 is 15.5 Å². The van der Waals surface area contributed by atoms with Gasteiger partial charge in [-0.05, 0) is 30.2 Å². The first-order chi connectivity index (χ1) is 15.9. The number of carbonyl (C=O) groups is 4. The van der Waals surface area contributed by atoms with Gasteiger partial charge in [0, 0.05) is 63.6 Å². The van der Waals surface area contributed by atoms with E-state index in [1.54, 1.807) is 27.8 Å². The van der Waals surface area contributed by atoms with Crippen molar-refractivity contribution in [3.8, 4) is 0 Å². The fourth-order valence-electron chi connectivity index (χ4n) is 4.59. The van der Waals surface area contributed by atoms with Crippen LogP contribution in [-0.4, -0.2) is 75.6 Å². The van der Waals surface area contributed by atoms with Crippen molar-refractivity contribution in [3.63, 3.8) is 0 Å². The first kappa shape index (κ1) is 21.0. The van der Waals surface area contributed by atoms with Crippen LogP contribution >= 0.6 is 0 Å². The number of aryl methyl sites for hydroxylation is 1. The first-order valence-corrected chi connectivity index (χ1v) is 11.0. The summed E-state index contributed by atoms with van der Waals surface area (Å²) < 4.78 is 1.76. The van der Waals surface area contributed by atoms with E-state index in [9.17, 15) is 19.2 Å². The molecule has 4 heterocycles. The van der Waals surface area contributed by atoms with Crippen LogP contribution in [0.5, 0.6) is 0 Å². The van der Waals surface area contributed by atoms with Crippen molar-refractivity contribution >= 4 is 35.1 Å². The largest absolute Gasteiger partial charge is 0.365 e. The number of nitrogens with one attached hydrogen (secondary N) is 2. The van der Waals surface area contributed by atoms with E-state index < -0.39 is 11.9 Å². The summed E-state index contributed by atoms with van der Waals surface area (Å²) >= 11 is 0. The lowest BCUT2D eigenvalue weighted by Gasteiger charge is -2.35. The Morgan fingerprint density at radius 3 is 2.64 bits per heavy atom. The van der Waals surface area contributed by atoms with Crippen LogP contribution in [0.4, 0.5) is 16.2 Å². The van der Waals surface area contributed by atoms with Gasteiger partial charge in [0.25, 0.3) is 5.91 Å². The lowest BCUT2D eigenvalue weighted by atomic mass is 10.0. The van der Waals surface area contributed by atoms with Gasteiger partial charge in [0.1, 0.15) is 6.04 Å². The quantitative estimate of drug-likeness (QED) is 0.657. The van der Waals surface area contributed by atoms with Crippen LogP contribution in [0.3, 0.4) is 0 Å². The number of nitrogens with zero attached hydrogens (tertiary/aromatic N) is 5. The van der Waals surface area contributed by atoms with Crippen molar-refractivity contribution in [1.29, 1.82) is 0 Å². The van der Waals surface area contributed by atoms with Crippen LogP contribution in [0.15, 0.2) is 30.6 Å². The second-order valence-corrected chi connectivity index (χ2v) is 8.55. The third-order valence-electron chi connectivity index (χ3n) is 6.40. The summed E-state index contributed by atoms with van der Waals surface area (Å²) in [5.41, 5.74) is 2.92. The zero-order valence-electron chi connectivity index (χ0n) is 18.3. The van der Waals surface area contributed by atoms with E-state index in [2.05, 4.69) is 20.6 Å². The van der Waals surface area contributed by atoms with Gasteiger partial charge in [-0.1, -0.05) is 0 Å². The molecule has 11 heteroatoms. The molecule has 1 atom stereocenters. The molecule has 0 saturated carbocycles. The first-order valence-electron chi connectivity index (χ1n) is 11.0. The minimum Gasteiger partial charge on any atom is -0.365 e. The number of hydrogen-bond acceptors (Lipinski definition) is 6. The highest BCUT2D eigenvalue weighted by Crippen LogP contribution is 2.29. The predicted octanol–water partition coefficient (Wildman–Crippen LogP) is 0.535. The Balaban J connectivity index is 1.20. The number of anilines is 2. The average molecular weight is 451 g/mol. The molecule has 0 bridgehead atoms. The number of hydrogen-bond donors (Lipinski definition) is 2. The summed E-state index contributed by atoms with van der Waals surface area (Å²) in [7, 11) is 1.88. The van der Waals surface area contributed by atoms with Gasteiger partial charge in [0.2, 0.25) is 11.8 Å². The van der Waals surface area contributed by atoms with E-state index in [0.717, 1.165) is 24.3 Å². The molecule has 0 radical (unpaired) electrons. The molecule has 33 heavy (non-hydrogen) atoms. The Bertz CT molecular complexity index is 1140. The van der Waals surface area contributed by atoms with Crippen molar-refractivity contribution in [1.82, 2.24) is 24.9 Å². The van der Waals surface area contributed by atoms with E-state index >= 15 is 0 Å². The summed E-state index contributed by atoms with van der Waals surface area (Å²) in [4.78, 5) is 54.7. The number of benzene rings is 1. The van der Waals surface area contributed by atoms with Crippen LogP contribution in [0, 0.1) is 0 Å². The monoisotopic (exact) mass is 451 g/mol. The molecule has 0 spiro atoms. The third-order valence-corrected chi connectivity index (χ3v) is 6.40. The normalized spacial score (nSPS) is 20.7. The molecule has 5 amide bonds. The maximum Gasteiger partial charge on any atom is 0.321 e. The molecule has 2 aromatic rings. The molecule has 3 aliphatic heterocycles. The van der Waals surface area contributed by atoms with Crippen molar-refractivity contribution in [2.75, 3.05) is 36.4 Å². The minimum absolute atomic E-state index is 0.188. The number of imide groups is 1. The second-order valence-electron chi connectivity index (χ2n) is 8.55. The third kappa shape index (κ3) is 4.01. The van der Waals surface area contributed by atoms with E-state index in [1.165, 1.54) is 4.90 Å². The number of fused-ring (bicyclic) bond motifs is 1. The number of urea groups is 1. The molecule has 172 valence electrons. The molecule has 1 aromatic carbocycles. The summed E-state index contributed by atoms with van der Waals surface area (Å²) in [6.45, 7) is 2.90. The lowest BCUT2D eigenvalue weighted by Crippen LogP contribution is -2.52. The highest BCUT2D eigenvalue weighted by Gasteiger charge is 2.39. The zero-order valence-corrected chi connectivity index (χ0v) is 18.3. The van der Waals surface area contributed by atoms with Crippen molar-refractivity contribution in [2.24, 2.45) is 7.05 Å². The van der Waals surface area contributed by atoms with Gasteiger partial charge in [0.15, 0.2) is 0 Å². The van der Waals surface area contributed by atoms with Crippen LogP contribution in [0.2, 0.25) is 0 Å². The van der Waals surface area contributed by atoms with E-state index in [-0.39, 0.29) is 30.8 Å². The highest BCUT2D eigenvalue weighted by atomic mass is 16.2. The maximum atomic E-state index is 12.8. The van der Waals surface area contributed by atoms with Crippen LogP contribution in [-0.2, 0) is 23.2 Å². The molecule has 2 fully saturated rings. The number of amides is 5. The Labute approximate surface area is 190 Å². The molecule has 0 aliphatic carbocycles. The Morgan fingerprint density at radius 1 is 1.15 bits per heavy atom. The fraction of sp³-hybridized carbons (Fsp3) is 0.409. The van der Waals surface area contributed by atoms with Crippen LogP contribution in [0.1, 0.15) is 28.8 Å². The maximum absolute atomic E-state index is 12.8. The minimum atomic E-state index is -0.656. The number of aromatic nitrogens is 2. The summed E-state index contributed by atoms with van der Waals surface area (Å²) in [6, 6.07) is 4.32. The predicted molar refractivity (Wildman–Crippen MR) is 118 cm³/mol. The molecular formula is C22H25N7O4. The van der Waals surface area contributed by atoms with Gasteiger partial charge in [-0.25, -0.2) is 4.79 Å². The number of rotatable bonds is 3. The highest BCUT2D eigenvalue weighted by molar-refractivity contribution is 6.05. The van der Waals surface area contributed by atoms with Crippen molar-refractivity contribution in [2.45, 2.75) is 25.4 Å². The molecular weight excluding hydrogens is 426 g/mol. The fourth-order valence-corrected chi connectivity index (χ4v) is 4.59. The van der Waals surface area contributed by atoms with Gasteiger partial charge < -0.3 is 20.0 Å². The van der Waals surface area contributed by atoms with E-state index in [4.69, 9.17) is 0 Å². The van der Waals surface area contributed by atoms with Gasteiger partial charge in [-0.2, -0.15) is 5.10 Å². The number of carbonyl (C=O) groups excluding carboxylic acids is 4. The lowest BCUT2D eigenvalue weighted by molar-refractivity contribution is -0.136. The molecule has 11 nitrogen and oxygen atoms in total. The Kier molecular flexibility index (Phi) is 5.23. The van der Waals surface area contributed by atoms with Gasteiger partial charge in [-0.15, -0.1) is 0 Å². The molecule has 2 N–H and O–H groups in total. The molecule has 2 saturated heterocycles. The standard InChI is InChI=1S/C22H25N7O4/c1-26-13-16(11-23-26)27-6-8-28(9-7-27)22(33)24-15-2-3-17-14(10-15)12-29(21(17)32)18-4-5-19(30)25-20(18)31/h2-3,10-11,13,18H,4-9,12H2,1H3,(H,24,33)(H,25,30,31). The molecule has 1 unspecified atom stereocenters. The van der Waals surface area contributed by atoms with Crippen LogP contribution in [0.25, 0.3) is 0 Å². The topological polar surface area (TPSA) is 120 Å². The second kappa shape index (κ2) is 8.23. The van der Waals surface area contributed by atoms with Crippen molar-refractivity contribution < 1.29 is 19.2 Å². The Morgan fingerprint density at radius 2 is 1.94 bits per heavy atom. The van der Waals surface area contributed by atoms with Gasteiger partial charge in [-0.3, -0.25) is 24.4 Å². The summed E-state index contributed by atoms with van der Waals surface area (Å²) in [6.07, 6.45) is 4.31. The number of piperidine rings is 1. The van der Waals surface area contributed by atoms with Gasteiger partial charge >= 0.3 is 6.03 Å². The summed E-state index contributed by atoms with van der Waals surface area (Å²) in [5.74, 6) is -0.984. The van der Waals surface area contributed by atoms with E-state index in [0.29, 0.717) is 30.8 Å². The SMILES string of the molecule is Cn1cc(N2CCN(C(=O)Nc3ccc4c(c3)CN(C3CCC(=O)NC3=O)C4=O)CC2)cn1. The molecule has 3 aliphatic rings. The summed E-state index contributed by atoms with van der Waals surface area (Å²) in [5, 5.41) is 9.42. The molecule has 5 rings (SSSR count). The zero-order chi connectivity index (χ0) is 23.1. The average Bonchev–Trinajstić information content (AvgIpc) is 3.37. The van der Waals surface area contributed by atoms with E-state index in [1.807, 2.05) is 19.4 Å². The molecule has 1 aromatic heterocycles. The van der Waals surface area contributed by atoms with Crippen molar-refractivity contribution in [3.05, 3.63) is 41.7 Å². The van der Waals surface area contributed by atoms with Gasteiger partial charge in [0.05, 0.1) is 11.9 Å². The number of piperazine rings is 1. The smallest absolute Gasteiger partial charge is 0.321 e.